The van der Waals surface area contributed by atoms with E-state index in [1.807, 2.05) is 0 Å². The minimum absolute atomic E-state index is 0.0422. The summed E-state index contributed by atoms with van der Waals surface area (Å²) in [6.07, 6.45) is 6.12. The second-order valence-electron chi connectivity index (χ2n) is 5.82. The molecule has 0 unspecified atom stereocenters. The van der Waals surface area contributed by atoms with Gasteiger partial charge in [-0.2, -0.15) is 0 Å². The predicted molar refractivity (Wildman–Crippen MR) is 63.4 cm³/mol. The third kappa shape index (κ3) is 2.79. The van der Waals surface area contributed by atoms with E-state index in [1.165, 1.54) is 12.8 Å². The summed E-state index contributed by atoms with van der Waals surface area (Å²) in [4.78, 5) is 21.7. The van der Waals surface area contributed by atoms with E-state index >= 15 is 0 Å². The number of nitrogens with one attached hydrogen (secondary N) is 1. The van der Waals surface area contributed by atoms with Crippen molar-refractivity contribution in [2.75, 3.05) is 6.54 Å². The van der Waals surface area contributed by atoms with Crippen LogP contribution in [0.15, 0.2) is 0 Å². The Bertz CT molecular complexity index is 311. The Labute approximate surface area is 102 Å². The van der Waals surface area contributed by atoms with Gasteiger partial charge in [0.05, 0.1) is 5.92 Å². The summed E-state index contributed by atoms with van der Waals surface area (Å²) >= 11 is 0. The van der Waals surface area contributed by atoms with Crippen molar-refractivity contribution < 1.29 is 14.7 Å². The number of rotatable bonds is 3. The van der Waals surface area contributed by atoms with Crippen molar-refractivity contribution in [1.29, 1.82) is 0 Å². The van der Waals surface area contributed by atoms with E-state index in [0.29, 0.717) is 11.3 Å². The van der Waals surface area contributed by atoms with Crippen molar-refractivity contribution in [1.82, 2.24) is 5.32 Å². The van der Waals surface area contributed by atoms with Gasteiger partial charge in [0.15, 0.2) is 0 Å². The molecule has 2 N–H and O–H groups in total. The molecule has 4 heteroatoms. The highest BCUT2D eigenvalue weighted by molar-refractivity contribution is 5.72. The SMILES string of the molecule is CC(=O)NCC1CC2(CCC(C(=O)O)CC2)C1. The van der Waals surface area contributed by atoms with Crippen LogP contribution in [-0.4, -0.2) is 23.5 Å². The van der Waals surface area contributed by atoms with Gasteiger partial charge < -0.3 is 10.4 Å². The van der Waals surface area contributed by atoms with Gasteiger partial charge in [-0.25, -0.2) is 0 Å². The molecule has 0 aliphatic heterocycles. The lowest BCUT2D eigenvalue weighted by atomic mass is 9.54. The van der Waals surface area contributed by atoms with E-state index < -0.39 is 5.97 Å². The molecule has 17 heavy (non-hydrogen) atoms. The van der Waals surface area contributed by atoms with Crippen LogP contribution in [0, 0.1) is 17.3 Å². The number of amides is 1. The van der Waals surface area contributed by atoms with Crippen LogP contribution < -0.4 is 5.32 Å². The summed E-state index contributed by atoms with van der Waals surface area (Å²) in [6.45, 7) is 2.34. The zero-order valence-corrected chi connectivity index (χ0v) is 10.4. The third-order valence-corrected chi connectivity index (χ3v) is 4.48. The van der Waals surface area contributed by atoms with Crippen molar-refractivity contribution in [3.63, 3.8) is 0 Å². The average Bonchev–Trinajstić information content (AvgIpc) is 2.23. The molecule has 0 aromatic carbocycles. The summed E-state index contributed by atoms with van der Waals surface area (Å²) < 4.78 is 0. The first-order valence-electron chi connectivity index (χ1n) is 6.48. The van der Waals surface area contributed by atoms with Gasteiger partial charge in [-0.3, -0.25) is 9.59 Å². The fourth-order valence-corrected chi connectivity index (χ4v) is 3.48. The van der Waals surface area contributed by atoms with E-state index in [-0.39, 0.29) is 11.8 Å². The van der Waals surface area contributed by atoms with Crippen LogP contribution >= 0.6 is 0 Å². The van der Waals surface area contributed by atoms with Crippen LogP contribution in [0.5, 0.6) is 0 Å². The summed E-state index contributed by atoms with van der Waals surface area (Å²) in [6, 6.07) is 0. The molecule has 0 saturated heterocycles. The second kappa shape index (κ2) is 4.67. The topological polar surface area (TPSA) is 66.4 Å². The minimum Gasteiger partial charge on any atom is -0.481 e. The quantitative estimate of drug-likeness (QED) is 0.789. The van der Waals surface area contributed by atoms with Crippen LogP contribution in [0.25, 0.3) is 0 Å². The number of hydrogen-bond acceptors (Lipinski definition) is 2. The molecule has 0 radical (unpaired) electrons. The molecule has 2 aliphatic rings. The van der Waals surface area contributed by atoms with Gasteiger partial charge in [0, 0.05) is 13.5 Å². The van der Waals surface area contributed by atoms with Crippen molar-refractivity contribution >= 4 is 11.9 Å². The Morgan fingerprint density at radius 2 is 1.88 bits per heavy atom. The number of carboxylic acids is 1. The molecule has 2 saturated carbocycles. The average molecular weight is 239 g/mol. The van der Waals surface area contributed by atoms with Gasteiger partial charge in [-0.05, 0) is 49.9 Å². The molecule has 1 amide bonds. The van der Waals surface area contributed by atoms with Crippen molar-refractivity contribution in [2.45, 2.75) is 45.4 Å². The summed E-state index contributed by atoms with van der Waals surface area (Å²) in [5.41, 5.74) is 0.412. The van der Waals surface area contributed by atoms with Gasteiger partial charge in [-0.1, -0.05) is 0 Å². The molecule has 4 nitrogen and oxygen atoms in total. The maximum atomic E-state index is 10.9. The van der Waals surface area contributed by atoms with E-state index in [4.69, 9.17) is 5.11 Å². The Hall–Kier alpha value is -1.06. The maximum absolute atomic E-state index is 10.9. The lowest BCUT2D eigenvalue weighted by Crippen LogP contribution is -2.45. The number of carboxylic acid groups (broad SMARTS) is 1. The summed E-state index contributed by atoms with van der Waals surface area (Å²) in [5.74, 6) is -0.0928. The van der Waals surface area contributed by atoms with Gasteiger partial charge >= 0.3 is 5.97 Å². The van der Waals surface area contributed by atoms with Crippen LogP contribution in [0.2, 0.25) is 0 Å². The Morgan fingerprint density at radius 1 is 1.29 bits per heavy atom. The number of carbonyl (C=O) groups excluding carboxylic acids is 1. The molecule has 0 aromatic rings. The van der Waals surface area contributed by atoms with Crippen LogP contribution in [-0.2, 0) is 9.59 Å². The normalized spacial score (nSPS) is 36.3. The predicted octanol–water partition coefficient (Wildman–Crippen LogP) is 1.79. The molecule has 2 aliphatic carbocycles. The number of hydrogen-bond donors (Lipinski definition) is 2. The molecule has 96 valence electrons. The highest BCUT2D eigenvalue weighted by Gasteiger charge is 2.46. The Morgan fingerprint density at radius 3 is 2.35 bits per heavy atom. The number of aliphatic carboxylic acids is 1. The minimum atomic E-state index is -0.631. The molecule has 2 rings (SSSR count). The molecule has 0 aromatic heterocycles. The van der Waals surface area contributed by atoms with Crippen LogP contribution in [0.3, 0.4) is 0 Å². The van der Waals surface area contributed by atoms with E-state index in [2.05, 4.69) is 5.32 Å². The second-order valence-corrected chi connectivity index (χ2v) is 5.82. The maximum Gasteiger partial charge on any atom is 0.306 e. The molecule has 0 heterocycles. The van der Waals surface area contributed by atoms with E-state index in [9.17, 15) is 9.59 Å². The highest BCUT2D eigenvalue weighted by atomic mass is 16.4. The van der Waals surface area contributed by atoms with Gasteiger partial charge in [0.1, 0.15) is 0 Å². The Balaban J connectivity index is 1.72. The Kier molecular flexibility index (Phi) is 3.40. The van der Waals surface area contributed by atoms with Crippen molar-refractivity contribution in [2.24, 2.45) is 17.3 Å². The van der Waals surface area contributed by atoms with Gasteiger partial charge in [0.2, 0.25) is 5.91 Å². The monoisotopic (exact) mass is 239 g/mol. The smallest absolute Gasteiger partial charge is 0.306 e. The van der Waals surface area contributed by atoms with E-state index in [1.54, 1.807) is 6.92 Å². The molecule has 1 spiro atoms. The fourth-order valence-electron chi connectivity index (χ4n) is 3.48. The zero-order valence-electron chi connectivity index (χ0n) is 10.4. The van der Waals surface area contributed by atoms with Crippen LogP contribution in [0.1, 0.15) is 45.4 Å². The first-order valence-corrected chi connectivity index (χ1v) is 6.48. The van der Waals surface area contributed by atoms with Gasteiger partial charge in [0.25, 0.3) is 0 Å². The first-order chi connectivity index (χ1) is 8.01. The molecule has 0 atom stereocenters. The fraction of sp³-hybridized carbons (Fsp3) is 0.846. The lowest BCUT2D eigenvalue weighted by Gasteiger charge is -2.51. The summed E-state index contributed by atoms with van der Waals surface area (Å²) in [7, 11) is 0. The molecule has 2 fully saturated rings. The summed E-state index contributed by atoms with van der Waals surface area (Å²) in [5, 5.41) is 11.8. The van der Waals surface area contributed by atoms with Gasteiger partial charge in [-0.15, -0.1) is 0 Å². The third-order valence-electron chi connectivity index (χ3n) is 4.48. The number of carbonyl (C=O) groups is 2. The lowest BCUT2D eigenvalue weighted by molar-refractivity contribution is -0.145. The molecular weight excluding hydrogens is 218 g/mol. The van der Waals surface area contributed by atoms with Crippen molar-refractivity contribution in [3.05, 3.63) is 0 Å². The highest BCUT2D eigenvalue weighted by Crippen LogP contribution is 2.55. The standard InChI is InChI=1S/C13H21NO3/c1-9(15)14-8-10-6-13(7-10)4-2-11(3-5-13)12(16)17/h10-11H,2-8H2,1H3,(H,14,15)(H,16,17). The van der Waals surface area contributed by atoms with Crippen molar-refractivity contribution in [3.8, 4) is 0 Å². The first kappa shape index (κ1) is 12.4. The van der Waals surface area contributed by atoms with E-state index in [0.717, 1.165) is 32.2 Å². The molecule has 0 bridgehead atoms. The zero-order chi connectivity index (χ0) is 12.5. The largest absolute Gasteiger partial charge is 0.481 e. The molecular formula is C13H21NO3. The van der Waals surface area contributed by atoms with Crippen LogP contribution in [0.4, 0.5) is 0 Å².